The van der Waals surface area contributed by atoms with Crippen molar-refractivity contribution in [2.45, 2.75) is 80.1 Å². The van der Waals surface area contributed by atoms with Gasteiger partial charge in [-0.2, -0.15) is 0 Å². The molecule has 0 aromatic heterocycles. The monoisotopic (exact) mass is 496 g/mol. The number of rotatable bonds is 2. The predicted octanol–water partition coefficient (Wildman–Crippen LogP) is 5.31. The molecular formula is C31H44O5. The first-order valence-electron chi connectivity index (χ1n) is 13.9. The van der Waals surface area contributed by atoms with Crippen molar-refractivity contribution >= 4 is 17.5 Å². The summed E-state index contributed by atoms with van der Waals surface area (Å²) < 4.78 is 5.35. The zero-order valence-corrected chi connectivity index (χ0v) is 23.1. The first kappa shape index (κ1) is 25.9. The molecule has 198 valence electrons. The van der Waals surface area contributed by atoms with Crippen molar-refractivity contribution in [2.75, 3.05) is 13.7 Å². The highest BCUT2D eigenvalue weighted by Crippen LogP contribution is 2.71. The van der Waals surface area contributed by atoms with Crippen LogP contribution >= 0.6 is 0 Å². The Morgan fingerprint density at radius 1 is 1.03 bits per heavy atom. The number of Topliss-reactive ketones (excluding diaryl/α,β-unsaturated/α-hetero) is 1. The van der Waals surface area contributed by atoms with Gasteiger partial charge in [-0.05, 0) is 78.6 Å². The summed E-state index contributed by atoms with van der Waals surface area (Å²) in [5.41, 5.74) is 0.516. The fourth-order valence-electron chi connectivity index (χ4n) is 9.72. The van der Waals surface area contributed by atoms with E-state index in [1.165, 1.54) is 7.11 Å². The van der Waals surface area contributed by atoms with Crippen LogP contribution in [0, 0.1) is 57.2 Å². The Kier molecular flexibility index (Phi) is 5.84. The molecule has 0 radical (unpaired) electrons. The number of hydrogen-bond acceptors (Lipinski definition) is 5. The molecule has 5 aliphatic carbocycles. The van der Waals surface area contributed by atoms with Gasteiger partial charge in [0, 0.05) is 22.8 Å². The molecule has 5 heteroatoms. The number of aliphatic hydroxyl groups is 1. The minimum absolute atomic E-state index is 0.0253. The smallest absolute Gasteiger partial charge is 0.308 e. The summed E-state index contributed by atoms with van der Waals surface area (Å²) in [6.07, 6.45) is 9.36. The molecule has 36 heavy (non-hydrogen) atoms. The number of allylic oxidation sites excluding steroid dienone is 3. The van der Waals surface area contributed by atoms with Gasteiger partial charge in [0.15, 0.2) is 11.6 Å². The van der Waals surface area contributed by atoms with Gasteiger partial charge in [-0.25, -0.2) is 0 Å². The van der Waals surface area contributed by atoms with Crippen molar-refractivity contribution in [3.05, 3.63) is 23.3 Å². The van der Waals surface area contributed by atoms with Crippen molar-refractivity contribution < 1.29 is 24.2 Å². The summed E-state index contributed by atoms with van der Waals surface area (Å²) in [7, 11) is 1.49. The SMILES string of the molecule is COC(=O)C1C[C@]2(C)C(C(=O)C=C3C4C=C(CO)C(=O)C(C)(C)C4CC[C@]32C)C2CC(C)(C)CCC12. The van der Waals surface area contributed by atoms with Gasteiger partial charge in [0.1, 0.15) is 0 Å². The molecule has 5 rings (SSSR count). The van der Waals surface area contributed by atoms with E-state index in [0.717, 1.165) is 37.7 Å². The maximum absolute atomic E-state index is 14.2. The molecule has 0 heterocycles. The number of fused-ring (bicyclic) bond motifs is 7. The second kappa shape index (κ2) is 8.12. The Bertz CT molecular complexity index is 1060. The molecule has 6 unspecified atom stereocenters. The molecule has 0 amide bonds. The van der Waals surface area contributed by atoms with E-state index in [-0.39, 0.29) is 75.9 Å². The Hall–Kier alpha value is -1.75. The van der Waals surface area contributed by atoms with Gasteiger partial charge in [-0.15, -0.1) is 0 Å². The van der Waals surface area contributed by atoms with Crippen LogP contribution in [-0.2, 0) is 19.1 Å². The zero-order chi connectivity index (χ0) is 26.4. The Balaban J connectivity index is 1.66. The van der Waals surface area contributed by atoms with Crippen LogP contribution in [0.1, 0.15) is 80.1 Å². The van der Waals surface area contributed by atoms with Gasteiger partial charge >= 0.3 is 5.97 Å². The molecule has 5 aliphatic rings. The van der Waals surface area contributed by atoms with Crippen LogP contribution in [0.15, 0.2) is 23.3 Å². The number of esters is 1. The lowest BCUT2D eigenvalue weighted by Crippen LogP contribution is -2.63. The number of ether oxygens (including phenoxy) is 1. The maximum Gasteiger partial charge on any atom is 0.308 e. The van der Waals surface area contributed by atoms with E-state index < -0.39 is 5.41 Å². The Morgan fingerprint density at radius 2 is 1.72 bits per heavy atom. The van der Waals surface area contributed by atoms with Crippen LogP contribution < -0.4 is 0 Å². The van der Waals surface area contributed by atoms with E-state index in [1.807, 2.05) is 26.0 Å². The van der Waals surface area contributed by atoms with Crippen molar-refractivity contribution in [2.24, 2.45) is 57.2 Å². The topological polar surface area (TPSA) is 80.7 Å². The first-order valence-corrected chi connectivity index (χ1v) is 13.9. The number of carbonyl (C=O) groups is 3. The van der Waals surface area contributed by atoms with E-state index in [1.54, 1.807) is 0 Å². The predicted molar refractivity (Wildman–Crippen MR) is 138 cm³/mol. The summed E-state index contributed by atoms with van der Waals surface area (Å²) in [6.45, 7) is 12.9. The molecule has 3 fully saturated rings. The van der Waals surface area contributed by atoms with E-state index in [4.69, 9.17) is 4.74 Å². The fraction of sp³-hybridized carbons (Fsp3) is 0.774. The van der Waals surface area contributed by atoms with E-state index in [2.05, 4.69) is 27.7 Å². The number of hydrogen-bond donors (Lipinski definition) is 1. The summed E-state index contributed by atoms with van der Waals surface area (Å²) in [6, 6.07) is 0. The minimum atomic E-state index is -0.583. The van der Waals surface area contributed by atoms with Gasteiger partial charge in [-0.3, -0.25) is 14.4 Å². The average Bonchev–Trinajstić information content (AvgIpc) is 2.80. The molecule has 0 bridgehead atoms. The van der Waals surface area contributed by atoms with Gasteiger partial charge < -0.3 is 9.84 Å². The molecule has 0 aromatic carbocycles. The quantitative estimate of drug-likeness (QED) is 0.524. The number of aliphatic hydroxyl groups excluding tert-OH is 1. The second-order valence-corrected chi connectivity index (χ2v) is 14.4. The molecule has 0 saturated heterocycles. The van der Waals surface area contributed by atoms with Crippen LogP contribution in [-0.4, -0.2) is 36.4 Å². The molecule has 1 N–H and O–H groups in total. The first-order chi connectivity index (χ1) is 16.7. The fourth-order valence-corrected chi connectivity index (χ4v) is 9.72. The number of ketones is 2. The van der Waals surface area contributed by atoms with E-state index >= 15 is 0 Å². The summed E-state index contributed by atoms with van der Waals surface area (Å²) in [5, 5.41) is 10.0. The third-order valence-corrected chi connectivity index (χ3v) is 11.9. The largest absolute Gasteiger partial charge is 0.469 e. The molecule has 0 aromatic rings. The molecular weight excluding hydrogens is 452 g/mol. The summed E-state index contributed by atoms with van der Waals surface area (Å²) in [5.74, 6) is 0.231. The molecule has 8 atom stereocenters. The lowest BCUT2D eigenvalue weighted by atomic mass is 9.37. The van der Waals surface area contributed by atoms with Gasteiger partial charge in [0.25, 0.3) is 0 Å². The molecule has 0 spiro atoms. The van der Waals surface area contributed by atoms with Gasteiger partial charge in [0.05, 0.1) is 19.6 Å². The van der Waals surface area contributed by atoms with Crippen LogP contribution in [0.2, 0.25) is 0 Å². The van der Waals surface area contributed by atoms with Crippen molar-refractivity contribution in [1.82, 2.24) is 0 Å². The third kappa shape index (κ3) is 3.33. The van der Waals surface area contributed by atoms with Gasteiger partial charge in [0.2, 0.25) is 0 Å². The van der Waals surface area contributed by atoms with Gasteiger partial charge in [-0.1, -0.05) is 53.2 Å². The molecule has 5 nitrogen and oxygen atoms in total. The lowest BCUT2D eigenvalue weighted by molar-refractivity contribution is -0.177. The lowest BCUT2D eigenvalue weighted by Gasteiger charge is -2.66. The highest BCUT2D eigenvalue weighted by Gasteiger charge is 2.67. The third-order valence-electron chi connectivity index (χ3n) is 11.9. The normalized spacial score (nSPS) is 44.8. The van der Waals surface area contributed by atoms with E-state index in [0.29, 0.717) is 12.0 Å². The Labute approximate surface area is 216 Å². The average molecular weight is 497 g/mol. The zero-order valence-electron chi connectivity index (χ0n) is 23.1. The highest BCUT2D eigenvalue weighted by atomic mass is 16.5. The van der Waals surface area contributed by atoms with Crippen LogP contribution in [0.25, 0.3) is 0 Å². The van der Waals surface area contributed by atoms with Crippen molar-refractivity contribution in [1.29, 1.82) is 0 Å². The van der Waals surface area contributed by atoms with E-state index in [9.17, 15) is 19.5 Å². The van der Waals surface area contributed by atoms with Crippen LogP contribution in [0.5, 0.6) is 0 Å². The standard InChI is InChI=1S/C31H44O5/c1-28(2)10-8-18-20(14-28)25-24(33)13-23-19-12-17(16-32)26(34)29(3,4)22(19)9-11-30(23,5)31(25,6)15-21(18)27(35)36-7/h12-13,18-22,25,32H,8-11,14-16H2,1-7H3/t18?,19?,20?,21?,22?,25?,30-,31-/m1/s1. The summed E-state index contributed by atoms with van der Waals surface area (Å²) in [4.78, 5) is 40.5. The Morgan fingerprint density at radius 3 is 2.36 bits per heavy atom. The summed E-state index contributed by atoms with van der Waals surface area (Å²) >= 11 is 0. The highest BCUT2D eigenvalue weighted by molar-refractivity contribution is 6.01. The maximum atomic E-state index is 14.2. The minimum Gasteiger partial charge on any atom is -0.469 e. The number of carbonyl (C=O) groups excluding carboxylic acids is 3. The van der Waals surface area contributed by atoms with Crippen molar-refractivity contribution in [3.63, 3.8) is 0 Å². The second-order valence-electron chi connectivity index (χ2n) is 14.4. The van der Waals surface area contributed by atoms with Crippen LogP contribution in [0.3, 0.4) is 0 Å². The number of methoxy groups -OCH3 is 1. The van der Waals surface area contributed by atoms with Crippen LogP contribution in [0.4, 0.5) is 0 Å². The van der Waals surface area contributed by atoms with Crippen molar-refractivity contribution in [3.8, 4) is 0 Å². The molecule has 3 saturated carbocycles. The molecule has 0 aliphatic heterocycles.